The zero-order valence-electron chi connectivity index (χ0n) is 19.0. The Balaban J connectivity index is 0.000000235. The third-order valence-corrected chi connectivity index (χ3v) is 6.24. The highest BCUT2D eigenvalue weighted by Gasteiger charge is 2.10. The molecule has 3 heterocycles. The summed E-state index contributed by atoms with van der Waals surface area (Å²) < 4.78 is 15.9. The van der Waals surface area contributed by atoms with Gasteiger partial charge in [-0.25, -0.2) is 4.39 Å². The molecule has 172 valence electrons. The zero-order chi connectivity index (χ0) is 23.8. The van der Waals surface area contributed by atoms with Crippen LogP contribution in [-0.4, -0.2) is 19.7 Å². The van der Waals surface area contributed by atoms with E-state index in [1.165, 1.54) is 32.8 Å². The van der Waals surface area contributed by atoms with Gasteiger partial charge in [0.2, 0.25) is 0 Å². The van der Waals surface area contributed by atoms with Crippen molar-refractivity contribution in [2.45, 2.75) is 46.6 Å². The second-order valence-corrected chi connectivity index (χ2v) is 8.62. The number of nitro groups is 1. The molecule has 0 amide bonds. The van der Waals surface area contributed by atoms with Gasteiger partial charge in [0.05, 0.1) is 33.9 Å². The topological polar surface area (TPSA) is 73.8 Å². The fraction of sp³-hybridized carbons (Fsp3) is 0.280. The van der Waals surface area contributed by atoms with E-state index in [1.54, 1.807) is 6.92 Å². The molecule has 3 aromatic heterocycles. The van der Waals surface area contributed by atoms with Gasteiger partial charge in [-0.2, -0.15) is 5.10 Å². The molecule has 0 atom stereocenters. The van der Waals surface area contributed by atoms with Crippen molar-refractivity contribution in [1.82, 2.24) is 14.8 Å². The number of hydrogen-bond acceptors (Lipinski definition) is 5. The maximum Gasteiger partial charge on any atom is 0.272 e. The van der Waals surface area contributed by atoms with Gasteiger partial charge in [0, 0.05) is 28.9 Å². The Kier molecular flexibility index (Phi) is 8.43. The minimum atomic E-state index is -0.622. The van der Waals surface area contributed by atoms with Gasteiger partial charge in [0.25, 0.3) is 5.69 Å². The predicted octanol–water partition coefficient (Wildman–Crippen LogP) is 7.12. The van der Waals surface area contributed by atoms with Gasteiger partial charge in [-0.15, -0.1) is 11.3 Å². The zero-order valence-corrected chi connectivity index (χ0v) is 19.8. The summed E-state index contributed by atoms with van der Waals surface area (Å²) in [5, 5.41) is 14.5. The van der Waals surface area contributed by atoms with Crippen LogP contribution in [0.25, 0.3) is 20.7 Å². The average molecular weight is 467 g/mol. The fourth-order valence-corrected chi connectivity index (χ4v) is 4.37. The fourth-order valence-electron chi connectivity index (χ4n) is 3.23. The van der Waals surface area contributed by atoms with Crippen molar-refractivity contribution in [3.63, 3.8) is 0 Å². The maximum absolute atomic E-state index is 12.6. The van der Waals surface area contributed by atoms with Crippen molar-refractivity contribution in [2.75, 3.05) is 0 Å². The Labute approximate surface area is 196 Å². The van der Waals surface area contributed by atoms with Gasteiger partial charge in [-0.1, -0.05) is 32.4 Å². The van der Waals surface area contributed by atoms with Gasteiger partial charge in [0.15, 0.2) is 0 Å². The molecule has 4 rings (SSSR count). The third-order valence-electron chi connectivity index (χ3n) is 4.99. The molecule has 0 bridgehead atoms. The van der Waals surface area contributed by atoms with Gasteiger partial charge in [-0.3, -0.25) is 19.8 Å². The lowest BCUT2D eigenvalue weighted by atomic mass is 10.1. The Morgan fingerprint density at radius 2 is 2.03 bits per heavy atom. The number of non-ortho nitro benzene ring substituents is 1. The normalized spacial score (nSPS) is 11.0. The van der Waals surface area contributed by atoms with Crippen LogP contribution < -0.4 is 0 Å². The number of nitro benzene ring substituents is 1. The number of rotatable bonds is 7. The molecule has 0 unspecified atom stereocenters. The SMILES string of the molecule is CC/C=C\Cn1cc(-c2cc3nccc(CCC)c3s2)cn1.Cc1ccc([N+](=O)[O-])cc1F. The van der Waals surface area contributed by atoms with Gasteiger partial charge >= 0.3 is 0 Å². The number of hydrogen-bond donors (Lipinski definition) is 0. The van der Waals surface area contributed by atoms with Crippen LogP contribution >= 0.6 is 11.3 Å². The Morgan fingerprint density at radius 3 is 2.73 bits per heavy atom. The molecule has 0 saturated carbocycles. The smallest absolute Gasteiger partial charge is 0.268 e. The molecule has 0 radical (unpaired) electrons. The molecule has 0 aliphatic rings. The van der Waals surface area contributed by atoms with Crippen LogP contribution in [0.15, 0.2) is 61.1 Å². The summed E-state index contributed by atoms with van der Waals surface area (Å²) in [4.78, 5) is 15.2. The lowest BCUT2D eigenvalue weighted by molar-refractivity contribution is -0.385. The maximum atomic E-state index is 12.6. The molecular formula is C25H27FN4O2S. The van der Waals surface area contributed by atoms with E-state index in [9.17, 15) is 14.5 Å². The first kappa shape index (κ1) is 24.3. The van der Waals surface area contributed by atoms with Crippen LogP contribution in [0.1, 0.15) is 37.8 Å². The molecule has 33 heavy (non-hydrogen) atoms. The summed E-state index contributed by atoms with van der Waals surface area (Å²) in [6.45, 7) is 6.74. The van der Waals surface area contributed by atoms with E-state index >= 15 is 0 Å². The summed E-state index contributed by atoms with van der Waals surface area (Å²) >= 11 is 1.82. The van der Waals surface area contributed by atoms with Gasteiger partial charge < -0.3 is 0 Å². The lowest BCUT2D eigenvalue weighted by Gasteiger charge is -1.98. The third kappa shape index (κ3) is 6.32. The number of nitrogens with zero attached hydrogens (tertiary/aromatic N) is 4. The van der Waals surface area contributed by atoms with Crippen LogP contribution in [0, 0.1) is 22.9 Å². The Bertz CT molecular complexity index is 1260. The van der Waals surface area contributed by atoms with E-state index in [-0.39, 0.29) is 5.69 Å². The highest BCUT2D eigenvalue weighted by atomic mass is 32.1. The van der Waals surface area contributed by atoms with Crippen molar-refractivity contribution in [3.05, 3.63) is 88.1 Å². The summed E-state index contributed by atoms with van der Waals surface area (Å²) in [5.74, 6) is -0.542. The van der Waals surface area contributed by atoms with Crippen molar-refractivity contribution in [1.29, 1.82) is 0 Å². The van der Waals surface area contributed by atoms with Crippen molar-refractivity contribution >= 4 is 27.2 Å². The van der Waals surface area contributed by atoms with Crippen LogP contribution in [0.4, 0.5) is 10.1 Å². The number of fused-ring (bicyclic) bond motifs is 1. The second-order valence-electron chi connectivity index (χ2n) is 7.57. The van der Waals surface area contributed by atoms with Crippen LogP contribution in [0.3, 0.4) is 0 Å². The number of thiophene rings is 1. The highest BCUT2D eigenvalue weighted by Crippen LogP contribution is 2.34. The van der Waals surface area contributed by atoms with Gasteiger partial charge in [0.1, 0.15) is 5.82 Å². The predicted molar refractivity (Wildman–Crippen MR) is 132 cm³/mol. The summed E-state index contributed by atoms with van der Waals surface area (Å²) in [6, 6.07) is 7.90. The number of aromatic nitrogens is 3. The first-order chi connectivity index (χ1) is 15.9. The van der Waals surface area contributed by atoms with E-state index in [0.29, 0.717) is 5.56 Å². The molecule has 0 N–H and O–H groups in total. The van der Waals surface area contributed by atoms with E-state index in [2.05, 4.69) is 54.4 Å². The molecule has 0 saturated heterocycles. The summed E-state index contributed by atoms with van der Waals surface area (Å²) in [5.41, 5.74) is 3.88. The molecule has 0 spiro atoms. The highest BCUT2D eigenvalue weighted by molar-refractivity contribution is 7.22. The lowest BCUT2D eigenvalue weighted by Crippen LogP contribution is -1.93. The second kappa shape index (κ2) is 11.5. The number of pyridine rings is 1. The van der Waals surface area contributed by atoms with Crippen molar-refractivity contribution in [2.24, 2.45) is 0 Å². The molecule has 6 nitrogen and oxygen atoms in total. The van der Waals surface area contributed by atoms with E-state index in [4.69, 9.17) is 0 Å². The summed E-state index contributed by atoms with van der Waals surface area (Å²) in [7, 11) is 0. The van der Waals surface area contributed by atoms with Crippen molar-refractivity contribution in [3.8, 4) is 10.4 Å². The van der Waals surface area contributed by atoms with Crippen LogP contribution in [0.2, 0.25) is 0 Å². The quantitative estimate of drug-likeness (QED) is 0.165. The number of aryl methyl sites for hydroxylation is 2. The van der Waals surface area contributed by atoms with E-state index < -0.39 is 10.7 Å². The average Bonchev–Trinajstić information content (AvgIpc) is 3.44. The summed E-state index contributed by atoms with van der Waals surface area (Å²) in [6.07, 6.45) is 13.6. The molecule has 0 aliphatic carbocycles. The Morgan fingerprint density at radius 1 is 1.21 bits per heavy atom. The largest absolute Gasteiger partial charge is 0.272 e. The number of halogens is 1. The number of benzene rings is 1. The molecular weight excluding hydrogens is 439 g/mol. The standard InChI is InChI=1S/C18H21N3S.C7H6FNO2/c1-3-5-6-10-21-13-15(12-20-21)17-11-16-18(22-17)14(7-4-2)8-9-19-16;1-5-2-3-6(9(10)11)4-7(5)8/h5-6,8-9,11-13H,3-4,7,10H2,1-2H3;2-4H,1H3/b6-5-;. The van der Waals surface area contributed by atoms with Crippen molar-refractivity contribution < 1.29 is 9.31 Å². The number of allylic oxidation sites excluding steroid dienone is 2. The molecule has 8 heteroatoms. The Hall–Kier alpha value is -3.39. The van der Waals surface area contributed by atoms with E-state index in [1.807, 2.05) is 28.4 Å². The molecule has 1 aromatic carbocycles. The van der Waals surface area contributed by atoms with E-state index in [0.717, 1.165) is 37.4 Å². The first-order valence-electron chi connectivity index (χ1n) is 10.9. The molecule has 0 aliphatic heterocycles. The minimum Gasteiger partial charge on any atom is -0.268 e. The first-order valence-corrected chi connectivity index (χ1v) is 11.7. The van der Waals surface area contributed by atoms with Crippen LogP contribution in [0.5, 0.6) is 0 Å². The molecule has 0 fully saturated rings. The van der Waals surface area contributed by atoms with Crippen LogP contribution in [-0.2, 0) is 13.0 Å². The monoisotopic (exact) mass is 466 g/mol. The van der Waals surface area contributed by atoms with Gasteiger partial charge in [-0.05, 0) is 49.1 Å². The minimum absolute atomic E-state index is 0.215. The molecule has 4 aromatic rings.